The van der Waals surface area contributed by atoms with E-state index in [0.717, 1.165) is 25.1 Å². The molecular weight excluding hydrogens is 266 g/mol. The van der Waals surface area contributed by atoms with Crippen LogP contribution < -0.4 is 0 Å². The van der Waals surface area contributed by atoms with E-state index in [1.54, 1.807) is 12.3 Å². The zero-order chi connectivity index (χ0) is 14.7. The third kappa shape index (κ3) is 2.94. The zero-order valence-corrected chi connectivity index (χ0v) is 11.7. The summed E-state index contributed by atoms with van der Waals surface area (Å²) in [5.74, 6) is 0. The van der Waals surface area contributed by atoms with Crippen molar-refractivity contribution in [1.29, 1.82) is 5.26 Å². The van der Waals surface area contributed by atoms with E-state index in [9.17, 15) is 5.11 Å². The second-order valence-corrected chi connectivity index (χ2v) is 5.51. The molecule has 0 bridgehead atoms. The second kappa shape index (κ2) is 5.64. The Morgan fingerprint density at radius 2 is 2.38 bits per heavy atom. The lowest BCUT2D eigenvalue weighted by molar-refractivity contribution is -0.0414. The molecule has 6 heteroatoms. The molecule has 1 aliphatic heterocycles. The lowest BCUT2D eigenvalue weighted by Gasteiger charge is -2.38. The Kier molecular flexibility index (Phi) is 3.69. The van der Waals surface area contributed by atoms with Crippen molar-refractivity contribution in [1.82, 2.24) is 20.3 Å². The van der Waals surface area contributed by atoms with Crippen LogP contribution in [-0.2, 0) is 12.1 Å². The topological polar surface area (TPSA) is 88.8 Å². The van der Waals surface area contributed by atoms with Crippen molar-refractivity contribution in [3.63, 3.8) is 0 Å². The molecule has 0 spiro atoms. The number of hydrogen-bond acceptors (Lipinski definition) is 5. The highest BCUT2D eigenvalue weighted by Gasteiger charge is 2.37. The molecule has 108 valence electrons. The van der Waals surface area contributed by atoms with Crippen LogP contribution in [0.2, 0.25) is 0 Å². The highest BCUT2D eigenvalue weighted by molar-refractivity contribution is 5.32. The third-order valence-corrected chi connectivity index (χ3v) is 3.90. The van der Waals surface area contributed by atoms with Crippen molar-refractivity contribution < 1.29 is 5.11 Å². The van der Waals surface area contributed by atoms with Gasteiger partial charge in [-0.05, 0) is 37.1 Å². The summed E-state index contributed by atoms with van der Waals surface area (Å²) >= 11 is 0. The van der Waals surface area contributed by atoms with Gasteiger partial charge >= 0.3 is 0 Å². The van der Waals surface area contributed by atoms with Crippen LogP contribution >= 0.6 is 0 Å². The van der Waals surface area contributed by atoms with E-state index >= 15 is 0 Å². The number of piperidine rings is 1. The number of nitriles is 1. The van der Waals surface area contributed by atoms with E-state index in [1.807, 2.05) is 18.2 Å². The first-order valence-electron chi connectivity index (χ1n) is 7.00. The first-order valence-corrected chi connectivity index (χ1v) is 7.00. The molecule has 0 radical (unpaired) electrons. The van der Waals surface area contributed by atoms with E-state index in [-0.39, 0.29) is 0 Å². The molecule has 2 N–H and O–H groups in total. The molecule has 2 heterocycles. The second-order valence-electron chi connectivity index (χ2n) is 5.51. The average Bonchev–Trinajstić information content (AvgIpc) is 3.03. The highest BCUT2D eigenvalue weighted by Crippen LogP contribution is 2.30. The Labute approximate surface area is 123 Å². The lowest BCUT2D eigenvalue weighted by atomic mass is 9.90. The van der Waals surface area contributed by atoms with E-state index in [4.69, 9.17) is 5.26 Å². The van der Waals surface area contributed by atoms with Gasteiger partial charge in [0, 0.05) is 13.1 Å². The molecule has 1 fully saturated rings. The van der Waals surface area contributed by atoms with Crippen LogP contribution in [0.15, 0.2) is 30.5 Å². The van der Waals surface area contributed by atoms with E-state index in [1.165, 1.54) is 0 Å². The summed E-state index contributed by atoms with van der Waals surface area (Å²) in [6.45, 7) is 2.17. The number of rotatable bonds is 3. The normalized spacial score (nSPS) is 22.9. The van der Waals surface area contributed by atoms with Crippen LogP contribution in [0.4, 0.5) is 0 Å². The SMILES string of the molecule is N#Cc1cccc(CN2CCC[C@@](O)(c3cn[nH]n3)C2)c1. The Bertz CT molecular complexity index is 648. The Balaban J connectivity index is 1.73. The minimum absolute atomic E-state index is 0.524. The number of β-amino-alcohol motifs (C(OH)–C–C–N with tert-alkyl or cyclic N) is 1. The quantitative estimate of drug-likeness (QED) is 0.882. The molecule has 6 nitrogen and oxygen atoms in total. The van der Waals surface area contributed by atoms with Crippen molar-refractivity contribution >= 4 is 0 Å². The Morgan fingerprint density at radius 3 is 3.14 bits per heavy atom. The molecule has 1 saturated heterocycles. The minimum Gasteiger partial charge on any atom is -0.382 e. The molecule has 0 unspecified atom stereocenters. The maximum absolute atomic E-state index is 10.8. The first-order chi connectivity index (χ1) is 10.2. The van der Waals surface area contributed by atoms with Gasteiger partial charge in [-0.3, -0.25) is 4.90 Å². The van der Waals surface area contributed by atoms with Crippen LogP contribution in [0.3, 0.4) is 0 Å². The number of aliphatic hydroxyl groups is 1. The van der Waals surface area contributed by atoms with E-state index in [2.05, 4.69) is 26.4 Å². The number of aromatic amines is 1. The summed E-state index contributed by atoms with van der Waals surface area (Å²) < 4.78 is 0. The molecule has 3 rings (SSSR count). The summed E-state index contributed by atoms with van der Waals surface area (Å²) in [6.07, 6.45) is 3.18. The molecule has 0 aliphatic carbocycles. The molecule has 1 aliphatic rings. The fourth-order valence-electron chi connectivity index (χ4n) is 2.89. The molecule has 0 saturated carbocycles. The number of nitrogens with zero attached hydrogens (tertiary/aromatic N) is 4. The molecular formula is C15H17N5O. The molecule has 1 aromatic carbocycles. The molecule has 1 atom stereocenters. The van der Waals surface area contributed by atoms with Crippen LogP contribution in [-0.4, -0.2) is 38.5 Å². The van der Waals surface area contributed by atoms with Crippen LogP contribution in [0.1, 0.15) is 29.7 Å². The predicted molar refractivity (Wildman–Crippen MR) is 75.9 cm³/mol. The number of aromatic nitrogens is 3. The Morgan fingerprint density at radius 1 is 1.48 bits per heavy atom. The van der Waals surface area contributed by atoms with Crippen molar-refractivity contribution in [2.24, 2.45) is 0 Å². The standard InChI is InChI=1S/C15H17N5O/c16-8-12-3-1-4-13(7-12)10-20-6-2-5-15(21,11-20)14-9-17-19-18-14/h1,3-4,7,9,21H,2,5-6,10-11H2,(H,17,18,19)/t15-/m0/s1. The number of hydrogen-bond donors (Lipinski definition) is 2. The fraction of sp³-hybridized carbons (Fsp3) is 0.400. The number of likely N-dealkylation sites (tertiary alicyclic amines) is 1. The molecule has 21 heavy (non-hydrogen) atoms. The molecule has 0 amide bonds. The van der Waals surface area contributed by atoms with E-state index in [0.29, 0.717) is 24.2 Å². The smallest absolute Gasteiger partial charge is 0.123 e. The molecule has 2 aromatic rings. The Hall–Kier alpha value is -2.23. The van der Waals surface area contributed by atoms with Gasteiger partial charge in [0.1, 0.15) is 11.3 Å². The average molecular weight is 283 g/mol. The van der Waals surface area contributed by atoms with Crippen molar-refractivity contribution in [3.05, 3.63) is 47.3 Å². The van der Waals surface area contributed by atoms with Crippen molar-refractivity contribution in [2.45, 2.75) is 25.0 Å². The van der Waals surface area contributed by atoms with Gasteiger partial charge in [0.15, 0.2) is 0 Å². The van der Waals surface area contributed by atoms with Gasteiger partial charge in [-0.2, -0.15) is 20.7 Å². The number of benzene rings is 1. The maximum atomic E-state index is 10.8. The minimum atomic E-state index is -0.946. The zero-order valence-electron chi connectivity index (χ0n) is 11.7. The fourth-order valence-corrected chi connectivity index (χ4v) is 2.89. The predicted octanol–water partition coefficient (Wildman–Crippen LogP) is 1.16. The summed E-state index contributed by atoms with van der Waals surface area (Å²) in [5, 5.41) is 30.1. The van der Waals surface area contributed by atoms with Gasteiger partial charge in [0.05, 0.1) is 17.8 Å². The monoisotopic (exact) mass is 283 g/mol. The van der Waals surface area contributed by atoms with Crippen molar-refractivity contribution in [2.75, 3.05) is 13.1 Å². The third-order valence-electron chi connectivity index (χ3n) is 3.90. The summed E-state index contributed by atoms with van der Waals surface area (Å²) in [6, 6.07) is 9.74. The lowest BCUT2D eigenvalue weighted by Crippen LogP contribution is -2.45. The van der Waals surface area contributed by atoms with Gasteiger partial charge in [-0.15, -0.1) is 0 Å². The number of H-pyrrole nitrogens is 1. The van der Waals surface area contributed by atoms with Gasteiger partial charge in [-0.25, -0.2) is 0 Å². The van der Waals surface area contributed by atoms with Crippen molar-refractivity contribution in [3.8, 4) is 6.07 Å². The van der Waals surface area contributed by atoms with Gasteiger partial charge in [-0.1, -0.05) is 12.1 Å². The van der Waals surface area contributed by atoms with Crippen LogP contribution in [0.5, 0.6) is 0 Å². The number of nitrogens with one attached hydrogen (secondary N) is 1. The maximum Gasteiger partial charge on any atom is 0.123 e. The summed E-state index contributed by atoms with van der Waals surface area (Å²) in [4.78, 5) is 2.19. The van der Waals surface area contributed by atoms with Gasteiger partial charge < -0.3 is 5.11 Å². The largest absolute Gasteiger partial charge is 0.382 e. The summed E-state index contributed by atoms with van der Waals surface area (Å²) in [7, 11) is 0. The van der Waals surface area contributed by atoms with Gasteiger partial charge in [0.25, 0.3) is 0 Å². The highest BCUT2D eigenvalue weighted by atomic mass is 16.3. The molecule has 1 aromatic heterocycles. The first kappa shape index (κ1) is 13.7. The van der Waals surface area contributed by atoms with Gasteiger partial charge in [0.2, 0.25) is 0 Å². The summed E-state index contributed by atoms with van der Waals surface area (Å²) in [5.41, 5.74) is 1.39. The van der Waals surface area contributed by atoms with Crippen LogP contribution in [0, 0.1) is 11.3 Å². The van der Waals surface area contributed by atoms with E-state index < -0.39 is 5.60 Å². The van der Waals surface area contributed by atoms with Crippen LogP contribution in [0.25, 0.3) is 0 Å².